The normalized spacial score (nSPS) is 16.0. The lowest BCUT2D eigenvalue weighted by Crippen LogP contribution is -2.46. The maximum Gasteiger partial charge on any atom is 0.263 e. The number of piperazine rings is 1. The first-order valence-electron chi connectivity index (χ1n) is 7.68. The summed E-state index contributed by atoms with van der Waals surface area (Å²) in [4.78, 5) is 20.4. The number of nitrogens with one attached hydrogen (secondary N) is 1. The van der Waals surface area contributed by atoms with Gasteiger partial charge in [0.15, 0.2) is 0 Å². The molecule has 0 aliphatic carbocycles. The molecular weight excluding hydrogens is 292 g/mol. The Hall–Kier alpha value is -2.43. The van der Waals surface area contributed by atoms with Crippen LogP contribution in [0.3, 0.4) is 0 Å². The van der Waals surface area contributed by atoms with Crippen molar-refractivity contribution < 1.29 is 4.79 Å². The zero-order chi connectivity index (χ0) is 16.5. The van der Waals surface area contributed by atoms with E-state index >= 15 is 0 Å². The van der Waals surface area contributed by atoms with Gasteiger partial charge in [-0.25, -0.2) is 0 Å². The quantitative estimate of drug-likeness (QED) is 0.552. The molecule has 7 heteroatoms. The largest absolute Gasteiger partial charge is 0.374 e. The minimum absolute atomic E-state index is 0.126. The zero-order valence-electron chi connectivity index (χ0n) is 13.1. The highest BCUT2D eigenvalue weighted by Gasteiger charge is 2.16. The lowest BCUT2D eigenvalue weighted by molar-refractivity contribution is -0.117. The van der Waals surface area contributed by atoms with Crippen molar-refractivity contribution in [3.8, 4) is 6.07 Å². The van der Waals surface area contributed by atoms with Crippen LogP contribution in [0.1, 0.15) is 5.56 Å². The van der Waals surface area contributed by atoms with Gasteiger partial charge < -0.3 is 16.0 Å². The molecule has 7 nitrogen and oxygen atoms in total. The summed E-state index contributed by atoms with van der Waals surface area (Å²) >= 11 is 0. The Morgan fingerprint density at radius 1 is 1.43 bits per heavy atom. The second-order valence-corrected chi connectivity index (χ2v) is 5.36. The fourth-order valence-electron chi connectivity index (χ4n) is 2.40. The molecular formula is C16H22N6O. The summed E-state index contributed by atoms with van der Waals surface area (Å²) in [5.74, 6) is -0.360. The molecule has 1 amide bonds. The number of carbonyl (C=O) groups excluding carboxylic acids is 1. The van der Waals surface area contributed by atoms with E-state index in [9.17, 15) is 10.1 Å². The van der Waals surface area contributed by atoms with E-state index in [1.165, 1.54) is 0 Å². The van der Waals surface area contributed by atoms with Crippen LogP contribution >= 0.6 is 0 Å². The third-order valence-electron chi connectivity index (χ3n) is 3.70. The van der Waals surface area contributed by atoms with Gasteiger partial charge in [-0.1, -0.05) is 6.07 Å². The van der Waals surface area contributed by atoms with E-state index in [1.807, 2.05) is 23.1 Å². The number of pyridine rings is 1. The van der Waals surface area contributed by atoms with Crippen molar-refractivity contribution in [3.05, 3.63) is 41.9 Å². The Kier molecular flexibility index (Phi) is 6.54. The number of hydrogen-bond donors (Lipinski definition) is 2. The average Bonchev–Trinajstić information content (AvgIpc) is 2.60. The standard InChI is InChI=1S/C16H22N6O/c17-3-5-21-6-8-22(9-7-21)13-15(10-18)16(23)20-12-14-2-1-4-19-11-14/h1-2,4,11,13H,3,5-9,12,17H2,(H,20,23)/b15-13-. The van der Waals surface area contributed by atoms with Crippen LogP contribution in [0.2, 0.25) is 0 Å². The van der Waals surface area contributed by atoms with Gasteiger partial charge in [0, 0.05) is 64.4 Å². The molecule has 0 saturated carbocycles. The first-order chi connectivity index (χ1) is 11.2. The highest BCUT2D eigenvalue weighted by Crippen LogP contribution is 2.05. The maximum atomic E-state index is 12.1. The molecule has 23 heavy (non-hydrogen) atoms. The van der Waals surface area contributed by atoms with Crippen LogP contribution in [-0.4, -0.2) is 60.0 Å². The van der Waals surface area contributed by atoms with Gasteiger partial charge in [0.2, 0.25) is 0 Å². The summed E-state index contributed by atoms with van der Waals surface area (Å²) in [6.07, 6.45) is 5.02. The number of hydrogen-bond acceptors (Lipinski definition) is 6. The first kappa shape index (κ1) is 16.9. The van der Waals surface area contributed by atoms with Crippen molar-refractivity contribution in [2.45, 2.75) is 6.54 Å². The first-order valence-corrected chi connectivity index (χ1v) is 7.68. The predicted octanol–water partition coefficient (Wildman–Crippen LogP) is -0.318. The summed E-state index contributed by atoms with van der Waals surface area (Å²) in [7, 11) is 0. The number of amides is 1. The molecule has 0 atom stereocenters. The van der Waals surface area contributed by atoms with Crippen molar-refractivity contribution in [2.24, 2.45) is 5.73 Å². The number of aromatic nitrogens is 1. The van der Waals surface area contributed by atoms with Gasteiger partial charge in [0.1, 0.15) is 11.6 Å². The number of nitrogens with two attached hydrogens (primary N) is 1. The number of carbonyl (C=O) groups is 1. The minimum atomic E-state index is -0.360. The third kappa shape index (κ3) is 5.36. The maximum absolute atomic E-state index is 12.1. The fourth-order valence-corrected chi connectivity index (χ4v) is 2.40. The van der Waals surface area contributed by atoms with Crippen LogP contribution in [0.5, 0.6) is 0 Å². The van der Waals surface area contributed by atoms with E-state index < -0.39 is 0 Å². The number of rotatable bonds is 6. The molecule has 0 unspecified atom stereocenters. The SMILES string of the molecule is N#C/C(=C/N1CCN(CCN)CC1)C(=O)NCc1cccnc1. The van der Waals surface area contributed by atoms with E-state index in [0.29, 0.717) is 13.1 Å². The summed E-state index contributed by atoms with van der Waals surface area (Å²) in [5, 5.41) is 12.0. The molecule has 0 bridgehead atoms. The van der Waals surface area contributed by atoms with Gasteiger partial charge in [0.25, 0.3) is 5.91 Å². The molecule has 1 aliphatic rings. The molecule has 122 valence electrons. The van der Waals surface area contributed by atoms with Gasteiger partial charge >= 0.3 is 0 Å². The van der Waals surface area contributed by atoms with Crippen molar-refractivity contribution in [3.63, 3.8) is 0 Å². The van der Waals surface area contributed by atoms with E-state index in [2.05, 4.69) is 15.2 Å². The highest BCUT2D eigenvalue weighted by molar-refractivity contribution is 5.97. The lowest BCUT2D eigenvalue weighted by atomic mass is 10.2. The summed E-state index contributed by atoms with van der Waals surface area (Å²) in [6, 6.07) is 5.66. The van der Waals surface area contributed by atoms with Crippen LogP contribution in [0, 0.1) is 11.3 Å². The molecule has 2 heterocycles. The monoisotopic (exact) mass is 314 g/mol. The fraction of sp³-hybridized carbons (Fsp3) is 0.438. The molecule has 3 N–H and O–H groups in total. The summed E-state index contributed by atoms with van der Waals surface area (Å²) < 4.78 is 0. The van der Waals surface area contributed by atoms with Crippen molar-refractivity contribution in [2.75, 3.05) is 39.3 Å². The van der Waals surface area contributed by atoms with Crippen LogP contribution < -0.4 is 11.1 Å². The highest BCUT2D eigenvalue weighted by atomic mass is 16.1. The van der Waals surface area contributed by atoms with Gasteiger partial charge in [0.05, 0.1) is 0 Å². The topological polar surface area (TPSA) is 98.3 Å². The number of nitrogens with zero attached hydrogens (tertiary/aromatic N) is 4. The minimum Gasteiger partial charge on any atom is -0.374 e. The van der Waals surface area contributed by atoms with Gasteiger partial charge in [-0.05, 0) is 11.6 Å². The van der Waals surface area contributed by atoms with Gasteiger partial charge in [-0.3, -0.25) is 14.7 Å². The van der Waals surface area contributed by atoms with Crippen LogP contribution in [0.4, 0.5) is 0 Å². The van der Waals surface area contributed by atoms with Crippen LogP contribution in [-0.2, 0) is 11.3 Å². The molecule has 2 rings (SSSR count). The van der Waals surface area contributed by atoms with E-state index in [0.717, 1.165) is 38.3 Å². The molecule has 0 spiro atoms. The van der Waals surface area contributed by atoms with Gasteiger partial charge in [-0.2, -0.15) is 5.26 Å². The van der Waals surface area contributed by atoms with E-state index in [4.69, 9.17) is 5.73 Å². The number of nitriles is 1. The lowest BCUT2D eigenvalue weighted by Gasteiger charge is -2.33. The van der Waals surface area contributed by atoms with Crippen molar-refractivity contribution in [1.82, 2.24) is 20.1 Å². The third-order valence-corrected chi connectivity index (χ3v) is 3.70. The predicted molar refractivity (Wildman–Crippen MR) is 86.8 cm³/mol. The molecule has 1 fully saturated rings. The Bertz CT molecular complexity index is 572. The molecule has 0 radical (unpaired) electrons. The Morgan fingerprint density at radius 3 is 2.83 bits per heavy atom. The second kappa shape index (κ2) is 8.88. The van der Waals surface area contributed by atoms with E-state index in [1.54, 1.807) is 18.6 Å². The summed E-state index contributed by atoms with van der Waals surface area (Å²) in [5.41, 5.74) is 6.57. The van der Waals surface area contributed by atoms with Crippen molar-refractivity contribution >= 4 is 5.91 Å². The Morgan fingerprint density at radius 2 is 2.22 bits per heavy atom. The van der Waals surface area contributed by atoms with Crippen LogP contribution in [0.15, 0.2) is 36.3 Å². The smallest absolute Gasteiger partial charge is 0.263 e. The van der Waals surface area contributed by atoms with Gasteiger partial charge in [-0.15, -0.1) is 0 Å². The average molecular weight is 314 g/mol. The van der Waals surface area contributed by atoms with E-state index in [-0.39, 0.29) is 11.5 Å². The Balaban J connectivity index is 1.86. The molecule has 1 aromatic heterocycles. The summed E-state index contributed by atoms with van der Waals surface area (Å²) in [6.45, 7) is 5.26. The Labute approximate surface area is 136 Å². The molecule has 0 aromatic carbocycles. The zero-order valence-corrected chi connectivity index (χ0v) is 13.1. The second-order valence-electron chi connectivity index (χ2n) is 5.36. The molecule has 1 aromatic rings. The molecule has 1 saturated heterocycles. The van der Waals surface area contributed by atoms with Crippen LogP contribution in [0.25, 0.3) is 0 Å². The van der Waals surface area contributed by atoms with Crippen molar-refractivity contribution in [1.29, 1.82) is 5.26 Å². The molecule has 1 aliphatic heterocycles.